The van der Waals surface area contributed by atoms with Gasteiger partial charge < -0.3 is 4.74 Å². The lowest BCUT2D eigenvalue weighted by molar-refractivity contribution is -0.159. The number of fused-ring (bicyclic) bond motifs is 1. The summed E-state index contributed by atoms with van der Waals surface area (Å²) in [6.07, 6.45) is 4.98. The van der Waals surface area contributed by atoms with Gasteiger partial charge in [0, 0.05) is 18.2 Å². The molecule has 0 aromatic carbocycles. The first-order chi connectivity index (χ1) is 7.92. The molecular weight excluding hydrogens is 236 g/mol. The van der Waals surface area contributed by atoms with Gasteiger partial charge in [-0.15, -0.1) is 11.6 Å². The van der Waals surface area contributed by atoms with E-state index in [1.54, 1.807) is 0 Å². The minimum atomic E-state index is -0.336. The second kappa shape index (κ2) is 4.64. The van der Waals surface area contributed by atoms with Gasteiger partial charge in [0.15, 0.2) is 0 Å². The first-order valence-corrected chi connectivity index (χ1v) is 6.87. The molecule has 2 aliphatic rings. The average molecular weight is 257 g/mol. The summed E-state index contributed by atoms with van der Waals surface area (Å²) in [5, 5.41) is 0.190. The van der Waals surface area contributed by atoms with Crippen LogP contribution in [-0.4, -0.2) is 16.9 Å². The molecule has 0 amide bonds. The van der Waals surface area contributed by atoms with Gasteiger partial charge in [0.05, 0.1) is 0 Å². The highest BCUT2D eigenvalue weighted by molar-refractivity contribution is 6.20. The Morgan fingerprint density at radius 1 is 1.53 bits per heavy atom. The standard InChI is InChI=1S/C14H21ClO2/c1-9-4-5-11(15)8-13-12(9)6-7-14(13,3)17-10(2)16/h11-13H,1,4-8H2,2-3H3/t11?,12-,13+,14-/m1/s1. The Morgan fingerprint density at radius 3 is 2.88 bits per heavy atom. The summed E-state index contributed by atoms with van der Waals surface area (Å²) in [4.78, 5) is 11.3. The molecule has 0 aromatic rings. The van der Waals surface area contributed by atoms with Crippen molar-refractivity contribution in [2.24, 2.45) is 11.8 Å². The molecule has 0 aromatic heterocycles. The van der Waals surface area contributed by atoms with Gasteiger partial charge in [0.1, 0.15) is 5.60 Å². The predicted molar refractivity (Wildman–Crippen MR) is 69.0 cm³/mol. The van der Waals surface area contributed by atoms with E-state index >= 15 is 0 Å². The first-order valence-electron chi connectivity index (χ1n) is 6.43. The topological polar surface area (TPSA) is 26.3 Å². The Balaban J connectivity index is 2.22. The van der Waals surface area contributed by atoms with E-state index < -0.39 is 0 Å². The molecule has 0 saturated heterocycles. The maximum absolute atomic E-state index is 11.3. The zero-order valence-electron chi connectivity index (χ0n) is 10.7. The molecular formula is C14H21ClO2. The van der Waals surface area contributed by atoms with Gasteiger partial charge in [-0.05, 0) is 44.9 Å². The highest BCUT2D eigenvalue weighted by atomic mass is 35.5. The predicted octanol–water partition coefficient (Wildman–Crippen LogP) is 3.68. The summed E-state index contributed by atoms with van der Waals surface area (Å²) in [7, 11) is 0. The Morgan fingerprint density at radius 2 is 2.24 bits per heavy atom. The monoisotopic (exact) mass is 256 g/mol. The number of halogens is 1. The SMILES string of the molecule is C=C1CCC(Cl)C[C@H]2[C@@H]1CC[C@@]2(C)OC(C)=O. The zero-order chi connectivity index (χ0) is 12.6. The third-order valence-electron chi connectivity index (χ3n) is 4.41. The number of hydrogen-bond donors (Lipinski definition) is 0. The van der Waals surface area contributed by atoms with Gasteiger partial charge >= 0.3 is 5.97 Å². The van der Waals surface area contributed by atoms with E-state index in [2.05, 4.69) is 13.5 Å². The molecule has 0 heterocycles. The highest BCUT2D eigenvalue weighted by Crippen LogP contribution is 2.51. The van der Waals surface area contributed by atoms with Crippen LogP contribution in [0.3, 0.4) is 0 Å². The van der Waals surface area contributed by atoms with Crippen LogP contribution in [0, 0.1) is 11.8 Å². The van der Waals surface area contributed by atoms with Crippen LogP contribution in [0.4, 0.5) is 0 Å². The molecule has 1 unspecified atom stereocenters. The molecule has 0 bridgehead atoms. The quantitative estimate of drug-likeness (QED) is 0.406. The van der Waals surface area contributed by atoms with Crippen LogP contribution < -0.4 is 0 Å². The fourth-order valence-corrected chi connectivity index (χ4v) is 3.83. The molecule has 0 spiro atoms. The summed E-state index contributed by atoms with van der Waals surface area (Å²) in [5.41, 5.74) is 0.964. The normalized spacial score (nSPS) is 41.8. The largest absolute Gasteiger partial charge is 0.459 e. The second-order valence-electron chi connectivity index (χ2n) is 5.69. The van der Waals surface area contributed by atoms with Gasteiger partial charge in [0.2, 0.25) is 0 Å². The molecule has 2 aliphatic carbocycles. The van der Waals surface area contributed by atoms with Crippen molar-refractivity contribution in [3.05, 3.63) is 12.2 Å². The van der Waals surface area contributed by atoms with Gasteiger partial charge in [0.25, 0.3) is 0 Å². The highest BCUT2D eigenvalue weighted by Gasteiger charge is 2.49. The molecule has 2 rings (SSSR count). The number of carbonyl (C=O) groups excluding carboxylic acids is 1. The molecule has 2 nitrogen and oxygen atoms in total. The lowest BCUT2D eigenvalue weighted by atomic mass is 9.82. The average Bonchev–Trinajstić information content (AvgIpc) is 2.43. The minimum absolute atomic E-state index is 0.186. The number of alkyl halides is 1. The summed E-state index contributed by atoms with van der Waals surface area (Å²) >= 11 is 6.34. The molecule has 17 heavy (non-hydrogen) atoms. The number of ether oxygens (including phenoxy) is 1. The number of esters is 1. The molecule has 2 saturated carbocycles. The number of rotatable bonds is 1. The lowest BCUT2D eigenvalue weighted by Gasteiger charge is -2.33. The van der Waals surface area contributed by atoms with Crippen molar-refractivity contribution in [1.82, 2.24) is 0 Å². The van der Waals surface area contributed by atoms with E-state index in [4.69, 9.17) is 16.3 Å². The zero-order valence-corrected chi connectivity index (χ0v) is 11.4. The van der Waals surface area contributed by atoms with Crippen LogP contribution in [0.1, 0.15) is 46.0 Å². The van der Waals surface area contributed by atoms with Gasteiger partial charge in [-0.25, -0.2) is 0 Å². The van der Waals surface area contributed by atoms with Crippen molar-refractivity contribution >= 4 is 17.6 Å². The minimum Gasteiger partial charge on any atom is -0.459 e. The van der Waals surface area contributed by atoms with Crippen molar-refractivity contribution in [2.75, 3.05) is 0 Å². The van der Waals surface area contributed by atoms with Crippen LogP contribution in [-0.2, 0) is 9.53 Å². The smallest absolute Gasteiger partial charge is 0.303 e. The van der Waals surface area contributed by atoms with Crippen LogP contribution in [0.25, 0.3) is 0 Å². The van der Waals surface area contributed by atoms with Crippen molar-refractivity contribution in [1.29, 1.82) is 0 Å². The number of hydrogen-bond acceptors (Lipinski definition) is 2. The van der Waals surface area contributed by atoms with Crippen LogP contribution in [0.2, 0.25) is 0 Å². The Kier molecular flexibility index (Phi) is 3.53. The van der Waals surface area contributed by atoms with Crippen LogP contribution >= 0.6 is 11.6 Å². The molecule has 0 N–H and O–H groups in total. The van der Waals surface area contributed by atoms with Crippen molar-refractivity contribution < 1.29 is 9.53 Å². The summed E-state index contributed by atoms with van der Waals surface area (Å²) in [5.74, 6) is 0.654. The van der Waals surface area contributed by atoms with Gasteiger partial charge in [-0.2, -0.15) is 0 Å². The Labute approximate surface area is 108 Å². The maximum Gasteiger partial charge on any atom is 0.303 e. The van der Waals surface area contributed by atoms with Gasteiger partial charge in [-0.3, -0.25) is 4.79 Å². The Bertz CT molecular complexity index is 339. The molecule has 3 heteroatoms. The maximum atomic E-state index is 11.3. The second-order valence-corrected chi connectivity index (χ2v) is 6.31. The third kappa shape index (κ3) is 2.52. The van der Waals surface area contributed by atoms with Crippen LogP contribution in [0.5, 0.6) is 0 Å². The van der Waals surface area contributed by atoms with E-state index in [1.165, 1.54) is 12.5 Å². The third-order valence-corrected chi connectivity index (χ3v) is 4.81. The Hall–Kier alpha value is -0.500. The van der Waals surface area contributed by atoms with E-state index in [9.17, 15) is 4.79 Å². The lowest BCUT2D eigenvalue weighted by Crippen LogP contribution is -2.37. The fraction of sp³-hybridized carbons (Fsp3) is 0.786. The van der Waals surface area contributed by atoms with Crippen molar-refractivity contribution in [3.63, 3.8) is 0 Å². The number of allylic oxidation sites excluding steroid dienone is 1. The fourth-order valence-electron chi connectivity index (χ4n) is 3.53. The van der Waals surface area contributed by atoms with Crippen LogP contribution in [0.15, 0.2) is 12.2 Å². The molecule has 96 valence electrons. The molecule has 0 aliphatic heterocycles. The van der Waals surface area contributed by atoms with Crippen molar-refractivity contribution in [2.45, 2.75) is 56.9 Å². The van der Waals surface area contributed by atoms with Gasteiger partial charge in [-0.1, -0.05) is 12.2 Å². The number of carbonyl (C=O) groups is 1. The molecule has 4 atom stereocenters. The van der Waals surface area contributed by atoms with Crippen molar-refractivity contribution in [3.8, 4) is 0 Å². The van der Waals surface area contributed by atoms with E-state index in [0.717, 1.165) is 32.1 Å². The van der Waals surface area contributed by atoms with E-state index in [-0.39, 0.29) is 16.9 Å². The summed E-state index contributed by atoms with van der Waals surface area (Å²) < 4.78 is 5.58. The molecule has 2 fully saturated rings. The first kappa shape index (κ1) is 12.9. The summed E-state index contributed by atoms with van der Waals surface area (Å²) in [6, 6.07) is 0. The molecule has 0 radical (unpaired) electrons. The summed E-state index contributed by atoms with van der Waals surface area (Å²) in [6.45, 7) is 7.74. The van der Waals surface area contributed by atoms with E-state index in [1.807, 2.05) is 0 Å². The van der Waals surface area contributed by atoms with E-state index in [0.29, 0.717) is 11.8 Å².